The minimum atomic E-state index is -0.366. The standard InChI is InChI=1S/C28H38N4O3S2/c1-4-32-22(14-28-11-17-8-18(12-28)10-19(9-17)13-28)30-31-27(32)36-15-23(33)29-25-24(26(34)35-3)20-6-5-16(2)7-21(20)37-25/h16-19H,4-15H2,1-3H3,(H,29,33). The smallest absolute Gasteiger partial charge is 0.341 e. The molecule has 0 radical (unpaired) electrons. The summed E-state index contributed by atoms with van der Waals surface area (Å²) in [6, 6.07) is 0. The number of nitrogens with zero attached hydrogens (tertiary/aromatic N) is 3. The van der Waals surface area contributed by atoms with E-state index in [9.17, 15) is 9.59 Å². The Kier molecular flexibility index (Phi) is 6.88. The third kappa shape index (κ3) is 4.86. The Morgan fingerprint density at radius 3 is 2.51 bits per heavy atom. The second-order valence-corrected chi connectivity index (χ2v) is 14.2. The number of rotatable bonds is 8. The Morgan fingerprint density at radius 2 is 1.86 bits per heavy atom. The summed E-state index contributed by atoms with van der Waals surface area (Å²) in [5.74, 6) is 4.16. The molecule has 0 aliphatic heterocycles. The van der Waals surface area contributed by atoms with Crippen LogP contribution >= 0.6 is 23.1 Å². The molecule has 1 unspecified atom stereocenters. The van der Waals surface area contributed by atoms with E-state index in [0.717, 1.165) is 66.5 Å². The van der Waals surface area contributed by atoms with Gasteiger partial charge in [-0.25, -0.2) is 4.79 Å². The van der Waals surface area contributed by atoms with Gasteiger partial charge in [-0.05, 0) is 99.4 Å². The van der Waals surface area contributed by atoms with Crippen molar-refractivity contribution in [3.63, 3.8) is 0 Å². The number of carbonyl (C=O) groups excluding carboxylic acids is 2. The van der Waals surface area contributed by atoms with E-state index >= 15 is 0 Å². The number of nitrogens with one attached hydrogen (secondary N) is 1. The number of anilines is 1. The lowest BCUT2D eigenvalue weighted by atomic mass is 9.49. The molecule has 0 aromatic carbocycles. The van der Waals surface area contributed by atoms with Crippen molar-refractivity contribution < 1.29 is 14.3 Å². The van der Waals surface area contributed by atoms with Gasteiger partial charge in [0.1, 0.15) is 10.8 Å². The number of thiophene rings is 1. The average molecular weight is 543 g/mol. The first-order valence-electron chi connectivity index (χ1n) is 13.9. The van der Waals surface area contributed by atoms with Gasteiger partial charge in [-0.3, -0.25) is 4.79 Å². The van der Waals surface area contributed by atoms with Crippen molar-refractivity contribution in [1.82, 2.24) is 14.8 Å². The van der Waals surface area contributed by atoms with Gasteiger partial charge in [0, 0.05) is 17.8 Å². The minimum absolute atomic E-state index is 0.130. The minimum Gasteiger partial charge on any atom is -0.465 e. The summed E-state index contributed by atoms with van der Waals surface area (Å²) in [5, 5.41) is 13.6. The molecule has 2 aromatic heterocycles. The molecule has 2 aromatic rings. The number of ether oxygens (including phenoxy) is 1. The first-order chi connectivity index (χ1) is 17.9. The topological polar surface area (TPSA) is 86.1 Å². The molecule has 0 saturated heterocycles. The molecule has 2 heterocycles. The van der Waals surface area contributed by atoms with E-state index in [-0.39, 0.29) is 17.6 Å². The van der Waals surface area contributed by atoms with Crippen LogP contribution in [0.15, 0.2) is 5.16 Å². The largest absolute Gasteiger partial charge is 0.465 e. The second kappa shape index (κ2) is 10.0. The number of amides is 1. The lowest BCUT2D eigenvalue weighted by Gasteiger charge is -2.56. The SMILES string of the molecule is CCn1c(CC23CC4CC(CC(C4)C2)C3)nnc1SCC(=O)Nc1sc2c(c1C(=O)OC)CCC(C)C2. The molecule has 1 N–H and O–H groups in total. The number of hydrogen-bond acceptors (Lipinski definition) is 7. The van der Waals surface area contributed by atoms with E-state index in [0.29, 0.717) is 21.9 Å². The number of aromatic nitrogens is 3. The third-order valence-electron chi connectivity index (χ3n) is 9.29. The predicted octanol–water partition coefficient (Wildman–Crippen LogP) is 5.76. The Balaban J connectivity index is 1.13. The number of methoxy groups -OCH3 is 1. The fraction of sp³-hybridized carbons (Fsp3) is 0.714. The second-order valence-electron chi connectivity index (χ2n) is 12.1. The highest BCUT2D eigenvalue weighted by molar-refractivity contribution is 7.99. The Morgan fingerprint density at radius 1 is 1.16 bits per heavy atom. The van der Waals surface area contributed by atoms with Crippen LogP contribution in [-0.2, 0) is 35.3 Å². The zero-order valence-electron chi connectivity index (χ0n) is 22.2. The molecule has 0 spiro atoms. The van der Waals surface area contributed by atoms with Gasteiger partial charge in [0.15, 0.2) is 5.16 Å². The van der Waals surface area contributed by atoms with Gasteiger partial charge in [0.2, 0.25) is 5.91 Å². The predicted molar refractivity (Wildman–Crippen MR) is 146 cm³/mol. The van der Waals surface area contributed by atoms with Crippen molar-refractivity contribution in [2.75, 3.05) is 18.2 Å². The van der Waals surface area contributed by atoms with Crippen LogP contribution in [0.5, 0.6) is 0 Å². The maximum Gasteiger partial charge on any atom is 0.341 e. The highest BCUT2D eigenvalue weighted by Crippen LogP contribution is 2.61. The molecule has 7 rings (SSSR count). The van der Waals surface area contributed by atoms with Crippen LogP contribution in [0.1, 0.15) is 85.4 Å². The van der Waals surface area contributed by atoms with E-state index in [1.165, 1.54) is 73.6 Å². The van der Waals surface area contributed by atoms with Crippen molar-refractivity contribution in [3.05, 3.63) is 21.8 Å². The van der Waals surface area contributed by atoms with Crippen LogP contribution in [-0.4, -0.2) is 39.5 Å². The van der Waals surface area contributed by atoms with Crippen molar-refractivity contribution in [2.45, 2.75) is 89.8 Å². The van der Waals surface area contributed by atoms with Crippen molar-refractivity contribution >= 4 is 40.0 Å². The molecule has 9 heteroatoms. The van der Waals surface area contributed by atoms with Crippen molar-refractivity contribution in [2.24, 2.45) is 29.1 Å². The van der Waals surface area contributed by atoms with Crippen molar-refractivity contribution in [3.8, 4) is 0 Å². The van der Waals surface area contributed by atoms with Gasteiger partial charge in [-0.15, -0.1) is 21.5 Å². The first-order valence-corrected chi connectivity index (χ1v) is 15.7. The van der Waals surface area contributed by atoms with Crippen LogP contribution in [0.3, 0.4) is 0 Å². The number of thioether (sulfide) groups is 1. The Labute approximate surface area is 227 Å². The molecule has 1 atom stereocenters. The van der Waals surface area contributed by atoms with Gasteiger partial charge < -0.3 is 14.6 Å². The van der Waals surface area contributed by atoms with Gasteiger partial charge in [-0.2, -0.15) is 0 Å². The number of hydrogen-bond donors (Lipinski definition) is 1. The number of esters is 1. The highest BCUT2D eigenvalue weighted by Gasteiger charge is 2.51. The lowest BCUT2D eigenvalue weighted by Crippen LogP contribution is -2.47. The molecular weight excluding hydrogens is 504 g/mol. The fourth-order valence-corrected chi connectivity index (χ4v) is 10.4. The van der Waals surface area contributed by atoms with E-state index in [2.05, 4.69) is 33.9 Å². The molecule has 5 aliphatic carbocycles. The van der Waals surface area contributed by atoms with E-state index in [4.69, 9.17) is 4.74 Å². The van der Waals surface area contributed by atoms with E-state index < -0.39 is 0 Å². The summed E-state index contributed by atoms with van der Waals surface area (Å²) in [6.45, 7) is 5.17. The molecule has 4 saturated carbocycles. The zero-order chi connectivity index (χ0) is 25.7. The lowest BCUT2D eigenvalue weighted by molar-refractivity contribution is -0.113. The zero-order valence-corrected chi connectivity index (χ0v) is 23.8. The first kappa shape index (κ1) is 25.4. The number of fused-ring (bicyclic) bond motifs is 1. The maximum atomic E-state index is 13.0. The van der Waals surface area contributed by atoms with Gasteiger partial charge in [0.05, 0.1) is 18.4 Å². The van der Waals surface area contributed by atoms with Crippen LogP contribution in [0, 0.1) is 29.1 Å². The summed E-state index contributed by atoms with van der Waals surface area (Å²) < 4.78 is 7.27. The normalized spacial score (nSPS) is 29.8. The van der Waals surface area contributed by atoms with Crippen LogP contribution < -0.4 is 5.32 Å². The highest BCUT2D eigenvalue weighted by atomic mass is 32.2. The summed E-state index contributed by atoms with van der Waals surface area (Å²) >= 11 is 2.96. The molecule has 1 amide bonds. The summed E-state index contributed by atoms with van der Waals surface area (Å²) in [5.41, 5.74) is 2.01. The Bertz CT molecular complexity index is 1170. The summed E-state index contributed by atoms with van der Waals surface area (Å²) in [4.78, 5) is 26.8. The summed E-state index contributed by atoms with van der Waals surface area (Å²) in [6.07, 6.45) is 12.3. The van der Waals surface area contributed by atoms with E-state index in [1.54, 1.807) is 0 Å². The fourth-order valence-electron chi connectivity index (χ4n) is 8.17. The van der Waals surface area contributed by atoms with Gasteiger partial charge >= 0.3 is 5.97 Å². The molecule has 4 fully saturated rings. The van der Waals surface area contributed by atoms with Crippen molar-refractivity contribution in [1.29, 1.82) is 0 Å². The number of carbonyl (C=O) groups is 2. The monoisotopic (exact) mass is 542 g/mol. The summed E-state index contributed by atoms with van der Waals surface area (Å²) in [7, 11) is 1.40. The molecular formula is C28H38N4O3S2. The molecule has 37 heavy (non-hydrogen) atoms. The molecule has 7 nitrogen and oxygen atoms in total. The molecule has 4 bridgehead atoms. The molecule has 5 aliphatic rings. The molecule has 200 valence electrons. The van der Waals surface area contributed by atoms with Gasteiger partial charge in [0.25, 0.3) is 0 Å². The quantitative estimate of drug-likeness (QED) is 0.337. The van der Waals surface area contributed by atoms with Crippen LogP contribution in [0.2, 0.25) is 0 Å². The maximum absolute atomic E-state index is 13.0. The Hall–Kier alpha value is -1.87. The average Bonchev–Trinajstić information content (AvgIpc) is 3.40. The van der Waals surface area contributed by atoms with Gasteiger partial charge in [-0.1, -0.05) is 18.7 Å². The van der Waals surface area contributed by atoms with Crippen LogP contribution in [0.4, 0.5) is 5.00 Å². The third-order valence-corrected chi connectivity index (χ3v) is 11.4. The van der Waals surface area contributed by atoms with Crippen LogP contribution in [0.25, 0.3) is 0 Å². The van der Waals surface area contributed by atoms with E-state index in [1.807, 2.05) is 0 Å².